The van der Waals surface area contributed by atoms with Gasteiger partial charge in [0.25, 0.3) is 0 Å². The molecule has 0 radical (unpaired) electrons. The molecule has 0 saturated carbocycles. The van der Waals surface area contributed by atoms with Gasteiger partial charge >= 0.3 is 0 Å². The summed E-state index contributed by atoms with van der Waals surface area (Å²) in [5, 5.41) is 6.43. The quantitative estimate of drug-likeness (QED) is 0.431. The molecule has 0 unspecified atom stereocenters. The number of hydrogen-bond acceptors (Lipinski definition) is 6. The van der Waals surface area contributed by atoms with Crippen molar-refractivity contribution >= 4 is 46.8 Å². The van der Waals surface area contributed by atoms with Crippen molar-refractivity contribution in [3.05, 3.63) is 72.2 Å². The van der Waals surface area contributed by atoms with E-state index in [4.69, 9.17) is 0 Å². The van der Waals surface area contributed by atoms with Crippen molar-refractivity contribution in [1.29, 1.82) is 0 Å². The van der Waals surface area contributed by atoms with E-state index in [0.717, 1.165) is 17.7 Å². The normalized spacial score (nSPS) is 10.3. The molecule has 2 N–H and O–H groups in total. The molecule has 0 atom stereocenters. The third-order valence-corrected chi connectivity index (χ3v) is 4.71. The van der Waals surface area contributed by atoms with Crippen molar-refractivity contribution in [1.82, 2.24) is 4.98 Å². The van der Waals surface area contributed by atoms with E-state index in [-0.39, 0.29) is 5.82 Å². The number of aromatic nitrogens is 1. The molecule has 27 heavy (non-hydrogen) atoms. The van der Waals surface area contributed by atoms with Gasteiger partial charge in [-0.25, -0.2) is 9.37 Å². The average Bonchev–Trinajstić information content (AvgIpc) is 2.70. The van der Waals surface area contributed by atoms with Crippen molar-refractivity contribution in [2.45, 2.75) is 0 Å². The summed E-state index contributed by atoms with van der Waals surface area (Å²) in [5.41, 5.74) is 3.65. The number of benzene rings is 2. The highest BCUT2D eigenvalue weighted by atomic mass is 32.2. The van der Waals surface area contributed by atoms with Gasteiger partial charge in [-0.1, -0.05) is 24.1 Å². The lowest BCUT2D eigenvalue weighted by Gasteiger charge is -2.20. The van der Waals surface area contributed by atoms with Crippen molar-refractivity contribution < 1.29 is 9.18 Å². The predicted molar refractivity (Wildman–Crippen MR) is 111 cm³/mol. The minimum Gasteiger partial charge on any atom is -0.353 e. The van der Waals surface area contributed by atoms with Crippen LogP contribution in [-0.2, 0) is 0 Å². The predicted octanol–water partition coefficient (Wildman–Crippen LogP) is 5.23. The summed E-state index contributed by atoms with van der Waals surface area (Å²) in [6.45, 7) is 0. The van der Waals surface area contributed by atoms with Gasteiger partial charge < -0.3 is 14.9 Å². The maximum Gasteiger partial charge on any atom is 0.153 e. The summed E-state index contributed by atoms with van der Waals surface area (Å²) >= 11 is 1.59. The lowest BCUT2D eigenvalue weighted by molar-refractivity contribution is 0.112. The third-order valence-electron chi connectivity index (χ3n) is 3.96. The number of nitrogens with one attached hydrogen (secondary N) is 2. The van der Waals surface area contributed by atoms with E-state index in [0.29, 0.717) is 22.8 Å². The first-order valence-electron chi connectivity index (χ1n) is 8.22. The molecule has 5 nitrogen and oxygen atoms in total. The SMILES string of the molecule is CSN(C)c1ccccc1Nc1cc(Nc2ccc(F)cc2)ncc1C=O. The first-order valence-corrected chi connectivity index (χ1v) is 9.40. The van der Waals surface area contributed by atoms with Crippen LogP contribution in [0.5, 0.6) is 0 Å². The van der Waals surface area contributed by atoms with Crippen molar-refractivity contribution in [2.75, 3.05) is 28.2 Å². The number of hydrogen-bond donors (Lipinski definition) is 2. The molecule has 0 bridgehead atoms. The molecule has 0 aliphatic heterocycles. The first-order chi connectivity index (χ1) is 13.1. The van der Waals surface area contributed by atoms with E-state index in [9.17, 15) is 9.18 Å². The van der Waals surface area contributed by atoms with Gasteiger partial charge in [-0.3, -0.25) is 4.79 Å². The van der Waals surface area contributed by atoms with E-state index in [1.807, 2.05) is 41.9 Å². The van der Waals surface area contributed by atoms with Crippen LogP contribution >= 0.6 is 11.9 Å². The number of carbonyl (C=O) groups is 1. The Kier molecular flexibility index (Phi) is 5.93. The molecule has 0 aliphatic carbocycles. The number of carbonyl (C=O) groups excluding carboxylic acids is 1. The fourth-order valence-corrected chi connectivity index (χ4v) is 2.87. The molecule has 1 aromatic heterocycles. The zero-order valence-electron chi connectivity index (χ0n) is 14.9. The second-order valence-corrected chi connectivity index (χ2v) is 6.64. The lowest BCUT2D eigenvalue weighted by atomic mass is 10.2. The number of aldehydes is 1. The fourth-order valence-electron chi connectivity index (χ4n) is 2.51. The van der Waals surface area contributed by atoms with E-state index in [1.54, 1.807) is 30.1 Å². The smallest absolute Gasteiger partial charge is 0.153 e. The minimum atomic E-state index is -0.304. The summed E-state index contributed by atoms with van der Waals surface area (Å²) in [5.74, 6) is 0.243. The van der Waals surface area contributed by atoms with Gasteiger partial charge in [0.2, 0.25) is 0 Å². The van der Waals surface area contributed by atoms with Gasteiger partial charge in [-0.15, -0.1) is 0 Å². The summed E-state index contributed by atoms with van der Waals surface area (Å²) in [6, 6.07) is 15.6. The van der Waals surface area contributed by atoms with Crippen molar-refractivity contribution in [3.63, 3.8) is 0 Å². The molecule has 2 aromatic carbocycles. The highest BCUT2D eigenvalue weighted by molar-refractivity contribution is 7.99. The number of pyridine rings is 1. The van der Waals surface area contributed by atoms with E-state index in [2.05, 4.69) is 15.6 Å². The van der Waals surface area contributed by atoms with Crippen LogP contribution < -0.4 is 14.9 Å². The maximum absolute atomic E-state index is 13.1. The molecule has 138 valence electrons. The number of nitrogens with zero attached hydrogens (tertiary/aromatic N) is 2. The molecule has 3 aromatic rings. The molecule has 0 aliphatic rings. The molecule has 3 rings (SSSR count). The van der Waals surface area contributed by atoms with Crippen LogP contribution in [0, 0.1) is 5.82 Å². The number of rotatable bonds is 7. The van der Waals surface area contributed by atoms with Crippen molar-refractivity contribution in [2.24, 2.45) is 0 Å². The largest absolute Gasteiger partial charge is 0.353 e. The van der Waals surface area contributed by atoms with Crippen LogP contribution in [0.1, 0.15) is 10.4 Å². The fraction of sp³-hybridized carbons (Fsp3) is 0.100. The standard InChI is InChI=1S/C20H19FN4OS/c1-25(27-2)19-6-4-3-5-17(19)24-18-11-20(22-12-14(18)13-26)23-16-9-7-15(21)8-10-16/h3-13H,1-2H3,(H2,22,23,24). The van der Waals surface area contributed by atoms with Gasteiger partial charge in [0.1, 0.15) is 11.6 Å². The van der Waals surface area contributed by atoms with Crippen LogP contribution in [0.25, 0.3) is 0 Å². The number of halogens is 1. The Morgan fingerprint density at radius 1 is 1.07 bits per heavy atom. The van der Waals surface area contributed by atoms with Gasteiger partial charge in [0.15, 0.2) is 6.29 Å². The zero-order chi connectivity index (χ0) is 19.2. The maximum atomic E-state index is 13.1. The molecule has 0 spiro atoms. The minimum absolute atomic E-state index is 0.304. The first kappa shape index (κ1) is 18.7. The summed E-state index contributed by atoms with van der Waals surface area (Å²) < 4.78 is 15.1. The molecular weight excluding hydrogens is 363 g/mol. The van der Waals surface area contributed by atoms with Crippen LogP contribution in [-0.4, -0.2) is 24.6 Å². The molecule has 0 amide bonds. The molecule has 0 saturated heterocycles. The van der Waals surface area contributed by atoms with Crippen LogP contribution in [0.15, 0.2) is 60.8 Å². The van der Waals surface area contributed by atoms with Crippen LogP contribution in [0.3, 0.4) is 0 Å². The van der Waals surface area contributed by atoms with E-state index in [1.165, 1.54) is 18.3 Å². The third kappa shape index (κ3) is 4.57. The lowest BCUT2D eigenvalue weighted by Crippen LogP contribution is -2.08. The summed E-state index contributed by atoms with van der Waals surface area (Å²) in [6.07, 6.45) is 4.25. The molecule has 0 fully saturated rings. The number of para-hydroxylation sites is 2. The Labute approximate surface area is 161 Å². The Morgan fingerprint density at radius 3 is 2.52 bits per heavy atom. The highest BCUT2D eigenvalue weighted by Gasteiger charge is 2.10. The highest BCUT2D eigenvalue weighted by Crippen LogP contribution is 2.32. The van der Waals surface area contributed by atoms with Gasteiger partial charge in [0, 0.05) is 31.3 Å². The topological polar surface area (TPSA) is 57.3 Å². The molecule has 1 heterocycles. The van der Waals surface area contributed by atoms with Crippen molar-refractivity contribution in [3.8, 4) is 0 Å². The Bertz CT molecular complexity index is 934. The van der Waals surface area contributed by atoms with Crippen LogP contribution in [0.2, 0.25) is 0 Å². The van der Waals surface area contributed by atoms with Gasteiger partial charge in [-0.2, -0.15) is 0 Å². The van der Waals surface area contributed by atoms with Crippen LogP contribution in [0.4, 0.5) is 33.0 Å². The number of anilines is 5. The Balaban J connectivity index is 1.91. The second kappa shape index (κ2) is 8.55. The monoisotopic (exact) mass is 382 g/mol. The average molecular weight is 382 g/mol. The zero-order valence-corrected chi connectivity index (χ0v) is 15.8. The molecular formula is C20H19FN4OS. The Morgan fingerprint density at radius 2 is 1.81 bits per heavy atom. The van der Waals surface area contributed by atoms with E-state index >= 15 is 0 Å². The molecule has 7 heteroatoms. The van der Waals surface area contributed by atoms with Gasteiger partial charge in [0.05, 0.1) is 22.6 Å². The second-order valence-electron chi connectivity index (χ2n) is 5.73. The van der Waals surface area contributed by atoms with E-state index < -0.39 is 0 Å². The summed E-state index contributed by atoms with van der Waals surface area (Å²) in [7, 11) is 1.97. The Hall–Kier alpha value is -3.06. The summed E-state index contributed by atoms with van der Waals surface area (Å²) in [4.78, 5) is 15.7. The van der Waals surface area contributed by atoms with Gasteiger partial charge in [-0.05, 0) is 36.4 Å².